The summed E-state index contributed by atoms with van der Waals surface area (Å²) >= 11 is 3.48. The molecule has 5 rings (SSSR count). The van der Waals surface area contributed by atoms with Crippen LogP contribution in [0.5, 0.6) is 0 Å². The van der Waals surface area contributed by atoms with Crippen LogP contribution in [-0.4, -0.2) is 44.7 Å². The Hall–Kier alpha value is -2.39. The lowest BCUT2D eigenvalue weighted by Gasteiger charge is -2.38. The number of halogens is 1. The van der Waals surface area contributed by atoms with Gasteiger partial charge in [-0.3, -0.25) is 9.69 Å². The number of hydrogen-bond acceptors (Lipinski definition) is 6. The molecule has 0 aliphatic carbocycles. The minimum atomic E-state index is -0.507. The third-order valence-corrected chi connectivity index (χ3v) is 6.77. The Kier molecular flexibility index (Phi) is 5.28. The molecule has 1 aromatic carbocycles. The first-order valence-electron chi connectivity index (χ1n) is 11.0. The largest absolute Gasteiger partial charge is 0.449 e. The highest BCUT2D eigenvalue weighted by molar-refractivity contribution is 9.10. The number of aromatic nitrogens is 2. The van der Waals surface area contributed by atoms with E-state index >= 15 is 0 Å². The summed E-state index contributed by atoms with van der Waals surface area (Å²) in [6.45, 7) is 6.17. The maximum Gasteiger partial charge on any atom is 0.407 e. The van der Waals surface area contributed by atoms with Gasteiger partial charge in [-0.1, -0.05) is 15.9 Å². The maximum atomic E-state index is 12.7. The Morgan fingerprint density at radius 1 is 1.31 bits per heavy atom. The lowest BCUT2D eigenvalue weighted by molar-refractivity contribution is 0.0434. The topological polar surface area (TPSA) is 100 Å². The number of furan rings is 1. The number of amides is 1. The van der Waals surface area contributed by atoms with E-state index in [1.54, 1.807) is 0 Å². The number of nitrogens with zero attached hydrogens (tertiary/aromatic N) is 2. The first kappa shape index (κ1) is 21.5. The van der Waals surface area contributed by atoms with Crippen LogP contribution in [0, 0.1) is 0 Å². The maximum absolute atomic E-state index is 12.7. The number of alkyl carbamates (subject to hydrolysis) is 1. The summed E-state index contributed by atoms with van der Waals surface area (Å²) < 4.78 is 12.1. The van der Waals surface area contributed by atoms with E-state index in [-0.39, 0.29) is 23.3 Å². The summed E-state index contributed by atoms with van der Waals surface area (Å²) in [5.74, 6) is 0.639. The summed E-state index contributed by atoms with van der Waals surface area (Å²) in [4.78, 5) is 35.0. The Morgan fingerprint density at radius 3 is 2.72 bits per heavy atom. The van der Waals surface area contributed by atoms with Crippen molar-refractivity contribution in [3.8, 4) is 0 Å². The molecular weight excluding hydrogens is 476 g/mol. The second-order valence-corrected chi connectivity index (χ2v) is 10.7. The highest BCUT2D eigenvalue weighted by Crippen LogP contribution is 2.37. The Bertz CT molecular complexity index is 1230. The Morgan fingerprint density at radius 2 is 2.03 bits per heavy atom. The van der Waals surface area contributed by atoms with Gasteiger partial charge in [0.2, 0.25) is 5.58 Å². The van der Waals surface area contributed by atoms with Gasteiger partial charge < -0.3 is 19.5 Å². The molecule has 2 bridgehead atoms. The normalized spacial score (nSPS) is 23.7. The van der Waals surface area contributed by atoms with Gasteiger partial charge in [0.05, 0.1) is 6.54 Å². The summed E-state index contributed by atoms with van der Waals surface area (Å²) in [5.41, 5.74) is 0.727. The van der Waals surface area contributed by atoms with Crippen LogP contribution in [0.4, 0.5) is 4.79 Å². The number of rotatable bonds is 3. The Balaban J connectivity index is 1.34. The van der Waals surface area contributed by atoms with E-state index in [9.17, 15) is 9.59 Å². The van der Waals surface area contributed by atoms with Crippen LogP contribution < -0.4 is 10.9 Å². The number of carbonyl (C=O) groups excluding carboxylic acids is 1. The number of ether oxygens (including phenoxy) is 1. The van der Waals surface area contributed by atoms with Gasteiger partial charge in [0.15, 0.2) is 0 Å². The first-order valence-corrected chi connectivity index (χ1v) is 11.8. The Labute approximate surface area is 193 Å². The number of nitrogens with one attached hydrogen (secondary N) is 2. The van der Waals surface area contributed by atoms with Crippen molar-refractivity contribution in [3.05, 3.63) is 38.9 Å². The van der Waals surface area contributed by atoms with Crippen LogP contribution in [-0.2, 0) is 11.3 Å². The second-order valence-electron chi connectivity index (χ2n) is 9.80. The number of carbonyl (C=O) groups is 1. The van der Waals surface area contributed by atoms with E-state index in [0.717, 1.165) is 35.5 Å². The third kappa shape index (κ3) is 4.15. The fourth-order valence-electron chi connectivity index (χ4n) is 5.04. The minimum absolute atomic E-state index is 0.100. The molecule has 2 aliphatic heterocycles. The standard InChI is InChI=1S/C23H27BrN4O4/c1-23(2,3)32-22(30)25-13-9-14-5-6-15(10-13)28(14)11-18-26-19-16-8-12(24)4-7-17(16)31-20(19)21(29)27-18/h4,7-8,13-15H,5-6,9-11H2,1-3H3,(H,25,30)(H,26,27,29). The molecule has 2 N–H and O–H groups in total. The van der Waals surface area contributed by atoms with Crippen LogP contribution in [0.1, 0.15) is 52.3 Å². The molecule has 2 aliphatic rings. The zero-order valence-electron chi connectivity index (χ0n) is 18.4. The van der Waals surface area contributed by atoms with Gasteiger partial charge in [-0.15, -0.1) is 0 Å². The number of benzene rings is 1. The van der Waals surface area contributed by atoms with Crippen molar-refractivity contribution >= 4 is 44.1 Å². The summed E-state index contributed by atoms with van der Waals surface area (Å²) in [6, 6.07) is 6.42. The van der Waals surface area contributed by atoms with Crippen molar-refractivity contribution in [1.82, 2.24) is 20.2 Å². The van der Waals surface area contributed by atoms with Gasteiger partial charge in [-0.05, 0) is 64.7 Å². The molecule has 2 unspecified atom stereocenters. The molecule has 32 heavy (non-hydrogen) atoms. The average molecular weight is 503 g/mol. The summed E-state index contributed by atoms with van der Waals surface area (Å²) in [6.07, 6.45) is 3.52. The van der Waals surface area contributed by atoms with E-state index in [1.807, 2.05) is 39.0 Å². The van der Waals surface area contributed by atoms with Crippen molar-refractivity contribution < 1.29 is 13.9 Å². The van der Waals surface area contributed by atoms with Gasteiger partial charge in [0.1, 0.15) is 22.5 Å². The fraction of sp³-hybridized carbons (Fsp3) is 0.522. The number of fused-ring (bicyclic) bond motifs is 5. The van der Waals surface area contributed by atoms with E-state index in [4.69, 9.17) is 14.1 Å². The van der Waals surface area contributed by atoms with Crippen LogP contribution in [0.25, 0.3) is 22.1 Å². The van der Waals surface area contributed by atoms with Gasteiger partial charge >= 0.3 is 6.09 Å². The van der Waals surface area contributed by atoms with E-state index in [0.29, 0.717) is 35.6 Å². The predicted molar refractivity (Wildman–Crippen MR) is 125 cm³/mol. The van der Waals surface area contributed by atoms with Gasteiger partial charge in [0, 0.05) is 28.0 Å². The summed E-state index contributed by atoms with van der Waals surface area (Å²) in [7, 11) is 0. The minimum Gasteiger partial charge on any atom is -0.449 e. The van der Waals surface area contributed by atoms with E-state index in [1.165, 1.54) is 0 Å². The molecule has 4 heterocycles. The van der Waals surface area contributed by atoms with Crippen LogP contribution >= 0.6 is 15.9 Å². The predicted octanol–water partition coefficient (Wildman–Crippen LogP) is 4.45. The zero-order chi connectivity index (χ0) is 22.6. The molecule has 0 spiro atoms. The molecule has 8 nitrogen and oxygen atoms in total. The highest BCUT2D eigenvalue weighted by Gasteiger charge is 2.41. The summed E-state index contributed by atoms with van der Waals surface area (Å²) in [5, 5.41) is 3.86. The number of piperidine rings is 1. The van der Waals surface area contributed by atoms with Crippen LogP contribution in [0.3, 0.4) is 0 Å². The smallest absolute Gasteiger partial charge is 0.407 e. The van der Waals surface area contributed by atoms with Crippen LogP contribution in [0.2, 0.25) is 0 Å². The lowest BCUT2D eigenvalue weighted by Crippen LogP contribution is -2.50. The number of hydrogen-bond donors (Lipinski definition) is 2. The highest BCUT2D eigenvalue weighted by atomic mass is 79.9. The van der Waals surface area contributed by atoms with Crippen molar-refractivity contribution in [2.75, 3.05) is 0 Å². The molecule has 0 radical (unpaired) electrons. The molecule has 2 fully saturated rings. The van der Waals surface area contributed by atoms with Crippen LogP contribution in [0.15, 0.2) is 31.9 Å². The second kappa shape index (κ2) is 7.88. The lowest BCUT2D eigenvalue weighted by atomic mass is 9.97. The first-order chi connectivity index (χ1) is 15.2. The molecule has 2 atom stereocenters. The van der Waals surface area contributed by atoms with Crippen molar-refractivity contribution in [2.24, 2.45) is 0 Å². The molecular formula is C23H27BrN4O4. The SMILES string of the molecule is CC(C)(C)OC(=O)NC1CC2CCC(C1)N2Cc1nc2c(oc3ccc(Br)cc32)c(=O)[nH]1. The van der Waals surface area contributed by atoms with Crippen molar-refractivity contribution in [3.63, 3.8) is 0 Å². The molecule has 3 aromatic rings. The average Bonchev–Trinajstić information content (AvgIpc) is 3.14. The molecule has 170 valence electrons. The van der Waals surface area contributed by atoms with Gasteiger partial charge in [0.25, 0.3) is 5.56 Å². The molecule has 0 saturated carbocycles. The quantitative estimate of drug-likeness (QED) is 0.548. The molecule has 2 aromatic heterocycles. The zero-order valence-corrected chi connectivity index (χ0v) is 20.0. The monoisotopic (exact) mass is 502 g/mol. The molecule has 2 saturated heterocycles. The fourth-order valence-corrected chi connectivity index (χ4v) is 5.41. The van der Waals surface area contributed by atoms with E-state index in [2.05, 4.69) is 31.1 Å². The van der Waals surface area contributed by atoms with Gasteiger partial charge in [-0.2, -0.15) is 0 Å². The van der Waals surface area contributed by atoms with Gasteiger partial charge in [-0.25, -0.2) is 9.78 Å². The van der Waals surface area contributed by atoms with E-state index < -0.39 is 5.60 Å². The van der Waals surface area contributed by atoms with Crippen molar-refractivity contribution in [1.29, 1.82) is 0 Å². The number of H-pyrrole nitrogens is 1. The molecule has 9 heteroatoms. The van der Waals surface area contributed by atoms with Crippen molar-refractivity contribution in [2.45, 2.75) is 76.7 Å². The number of aromatic amines is 1. The molecule has 1 amide bonds. The third-order valence-electron chi connectivity index (χ3n) is 6.27.